The first-order valence-corrected chi connectivity index (χ1v) is 6.11. The van der Waals surface area contributed by atoms with Gasteiger partial charge in [-0.2, -0.15) is 0 Å². The summed E-state index contributed by atoms with van der Waals surface area (Å²) in [6.07, 6.45) is 0. The predicted octanol–water partition coefficient (Wildman–Crippen LogP) is 1.83. The Bertz CT molecular complexity index is 131. The molecule has 0 bridgehead atoms. The van der Waals surface area contributed by atoms with Crippen molar-refractivity contribution in [2.75, 3.05) is 6.61 Å². The predicted molar refractivity (Wildman–Crippen MR) is 44.1 cm³/mol. The lowest BCUT2D eigenvalue weighted by Crippen LogP contribution is -2.27. The molecule has 0 saturated heterocycles. The zero-order valence-corrected chi connectivity index (χ0v) is 7.79. The van der Waals surface area contributed by atoms with Crippen molar-refractivity contribution in [3.63, 3.8) is 0 Å². The van der Waals surface area contributed by atoms with Crippen LogP contribution in [0, 0.1) is 0 Å². The van der Waals surface area contributed by atoms with Gasteiger partial charge in [0, 0.05) is 6.61 Å². The second-order valence-corrected chi connectivity index (χ2v) is 5.67. The maximum absolute atomic E-state index is 5.31. The van der Waals surface area contributed by atoms with Gasteiger partial charge in [-0.25, -0.2) is 4.66 Å². The Balaban J connectivity index is 3.85. The quantitative estimate of drug-likeness (QED) is 0.358. The van der Waals surface area contributed by atoms with Gasteiger partial charge in [0.1, 0.15) is 0 Å². The molecule has 0 aliphatic carbocycles. The number of nitrogens with zero attached hydrogens (tertiary/aromatic N) is 1. The normalized spacial score (nSPS) is 10.6. The summed E-state index contributed by atoms with van der Waals surface area (Å²) >= 11 is 4.45. The van der Waals surface area contributed by atoms with E-state index in [1.807, 2.05) is 20.0 Å². The van der Waals surface area contributed by atoms with Crippen LogP contribution in [0.3, 0.4) is 0 Å². The van der Waals surface area contributed by atoms with Crippen LogP contribution in [0.15, 0.2) is 4.66 Å². The van der Waals surface area contributed by atoms with Gasteiger partial charge in [0.2, 0.25) is 0 Å². The molecule has 0 saturated carbocycles. The minimum atomic E-state index is -1.79. The molecule has 0 aliphatic heterocycles. The minimum Gasteiger partial charge on any atom is -0.398 e. The Morgan fingerprint density at radius 1 is 1.67 bits per heavy atom. The lowest BCUT2D eigenvalue weighted by atomic mass is 10.9. The van der Waals surface area contributed by atoms with Gasteiger partial charge in [0.25, 0.3) is 0 Å². The highest BCUT2D eigenvalue weighted by atomic mass is 32.1. The van der Waals surface area contributed by atoms with Crippen LogP contribution in [0.5, 0.6) is 0 Å². The van der Waals surface area contributed by atoms with E-state index in [4.69, 9.17) is 4.43 Å². The summed E-state index contributed by atoms with van der Waals surface area (Å²) in [4.78, 5) is 0. The number of thiocarbonyl (C=S) groups is 1. The number of rotatable bonds is 3. The molecule has 0 N–H and O–H groups in total. The van der Waals surface area contributed by atoms with Crippen LogP contribution in [0.4, 0.5) is 0 Å². The van der Waals surface area contributed by atoms with Crippen molar-refractivity contribution in [3.05, 3.63) is 0 Å². The molecule has 0 heterocycles. The van der Waals surface area contributed by atoms with Crippen LogP contribution in [0.1, 0.15) is 6.92 Å². The Labute approximate surface area is 62.2 Å². The first-order valence-electron chi connectivity index (χ1n) is 2.85. The van der Waals surface area contributed by atoms with Crippen molar-refractivity contribution in [1.29, 1.82) is 0 Å². The number of hydrogen-bond acceptors (Lipinski definition) is 3. The van der Waals surface area contributed by atoms with E-state index in [-0.39, 0.29) is 0 Å². The average molecular weight is 161 g/mol. The number of hydrogen-bond donors (Lipinski definition) is 0. The summed E-state index contributed by atoms with van der Waals surface area (Å²) in [6.45, 7) is 6.62. The molecule has 0 aliphatic rings. The maximum Gasteiger partial charge on any atom is 0.324 e. The van der Waals surface area contributed by atoms with E-state index < -0.39 is 8.48 Å². The maximum atomic E-state index is 5.31. The van der Waals surface area contributed by atoms with Crippen LogP contribution in [0.25, 0.3) is 0 Å². The molecule has 0 aromatic heterocycles. The van der Waals surface area contributed by atoms with Crippen molar-refractivity contribution >= 4 is 25.9 Å². The fourth-order valence-electron chi connectivity index (χ4n) is 0.495. The van der Waals surface area contributed by atoms with Crippen LogP contribution >= 0.6 is 12.2 Å². The first-order chi connectivity index (χ1) is 4.12. The summed E-state index contributed by atoms with van der Waals surface area (Å²) in [6, 6.07) is 0. The zero-order chi connectivity index (χ0) is 7.33. The van der Waals surface area contributed by atoms with E-state index in [0.717, 1.165) is 0 Å². The van der Waals surface area contributed by atoms with Crippen LogP contribution in [-0.4, -0.2) is 20.2 Å². The molecule has 0 amide bonds. The van der Waals surface area contributed by atoms with Gasteiger partial charge in [-0.3, -0.25) is 0 Å². The van der Waals surface area contributed by atoms with Crippen molar-refractivity contribution in [3.8, 4) is 0 Å². The smallest absolute Gasteiger partial charge is 0.324 e. The molecule has 0 atom stereocenters. The lowest BCUT2D eigenvalue weighted by molar-refractivity contribution is 0.331. The molecule has 0 radical (unpaired) electrons. The molecular weight excluding hydrogens is 150 g/mol. The van der Waals surface area contributed by atoms with Gasteiger partial charge in [0.15, 0.2) is 0 Å². The van der Waals surface area contributed by atoms with Crippen molar-refractivity contribution in [2.45, 2.75) is 20.0 Å². The second-order valence-electron chi connectivity index (χ2n) is 2.08. The first kappa shape index (κ1) is 8.98. The van der Waals surface area contributed by atoms with E-state index >= 15 is 0 Å². The molecule has 0 aromatic carbocycles. The molecule has 0 spiro atoms. The highest BCUT2D eigenvalue weighted by Gasteiger charge is 2.19. The zero-order valence-electron chi connectivity index (χ0n) is 5.97. The van der Waals surface area contributed by atoms with Crippen molar-refractivity contribution in [1.82, 2.24) is 0 Å². The fraction of sp³-hybridized carbons (Fsp3) is 0.800. The number of isothiocyanates is 1. The van der Waals surface area contributed by atoms with Gasteiger partial charge in [0.05, 0.1) is 5.16 Å². The standard InChI is InChI=1S/C5H11NOSSi/c1-4-7-9(2,3)6-5-8/h4H2,1-3H3. The van der Waals surface area contributed by atoms with Gasteiger partial charge in [-0.05, 0) is 32.2 Å². The molecule has 0 fully saturated rings. The van der Waals surface area contributed by atoms with E-state index in [9.17, 15) is 0 Å². The largest absolute Gasteiger partial charge is 0.398 e. The minimum absolute atomic E-state index is 0.708. The van der Waals surface area contributed by atoms with Crippen LogP contribution in [-0.2, 0) is 4.43 Å². The van der Waals surface area contributed by atoms with Crippen molar-refractivity contribution in [2.24, 2.45) is 4.66 Å². The third-order valence-corrected chi connectivity index (χ3v) is 2.71. The third kappa shape index (κ3) is 4.48. The lowest BCUT2D eigenvalue weighted by Gasteiger charge is -2.12. The molecule has 2 nitrogen and oxygen atoms in total. The highest BCUT2D eigenvalue weighted by molar-refractivity contribution is 7.78. The summed E-state index contributed by atoms with van der Waals surface area (Å²) in [7, 11) is -1.79. The molecule has 0 unspecified atom stereocenters. The van der Waals surface area contributed by atoms with Gasteiger partial charge >= 0.3 is 8.48 Å². The Morgan fingerprint density at radius 3 is 2.56 bits per heavy atom. The Hall–Kier alpha value is -0.0231. The summed E-state index contributed by atoms with van der Waals surface area (Å²) in [5.74, 6) is 0. The van der Waals surface area contributed by atoms with Gasteiger partial charge in [-0.15, -0.1) is 0 Å². The van der Waals surface area contributed by atoms with E-state index in [1.165, 1.54) is 0 Å². The topological polar surface area (TPSA) is 21.6 Å². The summed E-state index contributed by atoms with van der Waals surface area (Å²) < 4.78 is 9.24. The van der Waals surface area contributed by atoms with Crippen LogP contribution in [0.2, 0.25) is 13.1 Å². The molecule has 0 rings (SSSR count). The molecule has 52 valence electrons. The average Bonchev–Trinajstić information content (AvgIpc) is 1.64. The van der Waals surface area contributed by atoms with Gasteiger partial charge < -0.3 is 4.43 Å². The van der Waals surface area contributed by atoms with E-state index in [2.05, 4.69) is 22.0 Å². The molecule has 0 aromatic rings. The molecule has 4 heteroatoms. The fourth-order valence-corrected chi connectivity index (χ4v) is 2.15. The molecule has 9 heavy (non-hydrogen) atoms. The van der Waals surface area contributed by atoms with Gasteiger partial charge in [-0.1, -0.05) is 0 Å². The van der Waals surface area contributed by atoms with Crippen molar-refractivity contribution < 1.29 is 4.43 Å². The van der Waals surface area contributed by atoms with E-state index in [0.29, 0.717) is 6.61 Å². The summed E-state index contributed by atoms with van der Waals surface area (Å²) in [5, 5.41) is 2.34. The van der Waals surface area contributed by atoms with E-state index in [1.54, 1.807) is 0 Å². The SMILES string of the molecule is CCO[Si](C)(C)N=C=S. The Kier molecular flexibility index (Phi) is 3.89. The molecular formula is C5H11NOSSi. The monoisotopic (exact) mass is 161 g/mol. The highest BCUT2D eigenvalue weighted by Crippen LogP contribution is 2.03. The Morgan fingerprint density at radius 2 is 2.22 bits per heavy atom. The van der Waals surface area contributed by atoms with Crippen LogP contribution < -0.4 is 0 Å². The summed E-state index contributed by atoms with van der Waals surface area (Å²) in [5.41, 5.74) is 0. The second kappa shape index (κ2) is 3.90. The third-order valence-electron chi connectivity index (χ3n) is 0.812.